The number of para-hydroxylation sites is 2. The van der Waals surface area contributed by atoms with Crippen LogP contribution < -0.4 is 0 Å². The third-order valence-electron chi connectivity index (χ3n) is 9.50. The summed E-state index contributed by atoms with van der Waals surface area (Å²) in [6.07, 6.45) is 0. The first-order valence-electron chi connectivity index (χ1n) is 15.7. The summed E-state index contributed by atoms with van der Waals surface area (Å²) in [5.74, 6) is 0. The molecule has 4 heteroatoms. The van der Waals surface area contributed by atoms with Crippen molar-refractivity contribution in [3.8, 4) is 22.5 Å². The second kappa shape index (κ2) is 9.92. The van der Waals surface area contributed by atoms with Crippen LogP contribution in [0.25, 0.3) is 91.1 Å². The fourth-order valence-corrected chi connectivity index (χ4v) is 8.60. The summed E-state index contributed by atoms with van der Waals surface area (Å²) in [7, 11) is 0. The van der Waals surface area contributed by atoms with E-state index in [1.54, 1.807) is 0 Å². The zero-order valence-corrected chi connectivity index (χ0v) is 26.0. The molecule has 10 rings (SSSR count). The quantitative estimate of drug-likeness (QED) is 0.176. The van der Waals surface area contributed by atoms with Crippen LogP contribution in [-0.2, 0) is 0 Å². The Morgan fingerprint density at radius 2 is 1.06 bits per heavy atom. The lowest BCUT2D eigenvalue weighted by Crippen LogP contribution is -1.96. The van der Waals surface area contributed by atoms with E-state index in [-0.39, 0.29) is 0 Å². The molecule has 0 N–H and O–H groups in total. The van der Waals surface area contributed by atoms with Crippen LogP contribution in [0.1, 0.15) is 0 Å². The van der Waals surface area contributed by atoms with Crippen LogP contribution in [0.15, 0.2) is 152 Å². The van der Waals surface area contributed by atoms with Crippen molar-refractivity contribution in [3.05, 3.63) is 163 Å². The Hall–Kier alpha value is -6.15. The van der Waals surface area contributed by atoms with Crippen molar-refractivity contribution in [1.29, 1.82) is 0 Å². The maximum Gasteiger partial charge on any atom is 0.188 e. The maximum atomic E-state index is 7.71. The van der Waals surface area contributed by atoms with Gasteiger partial charge in [0.25, 0.3) is 0 Å². The average Bonchev–Trinajstić information content (AvgIpc) is 3.79. The molecule has 3 nitrogen and oxygen atoms in total. The number of thiophene rings is 1. The zero-order chi connectivity index (χ0) is 31.1. The third-order valence-corrected chi connectivity index (χ3v) is 10.6. The highest BCUT2D eigenvalue weighted by Crippen LogP contribution is 2.44. The smallest absolute Gasteiger partial charge is 0.188 e. The van der Waals surface area contributed by atoms with Gasteiger partial charge in [-0.1, -0.05) is 91.0 Å². The molecule has 7 aromatic carbocycles. The van der Waals surface area contributed by atoms with Crippen molar-refractivity contribution in [2.24, 2.45) is 0 Å². The molecule has 0 amide bonds. The minimum Gasteiger partial charge on any atom is -0.309 e. The van der Waals surface area contributed by atoms with E-state index >= 15 is 0 Å². The Morgan fingerprint density at radius 3 is 1.77 bits per heavy atom. The van der Waals surface area contributed by atoms with Gasteiger partial charge in [0.05, 0.1) is 28.6 Å². The molecule has 0 aliphatic heterocycles. The molecule has 10 aromatic rings. The molecule has 3 heterocycles. The van der Waals surface area contributed by atoms with Crippen molar-refractivity contribution in [1.82, 2.24) is 9.13 Å². The Balaban J connectivity index is 1.22. The highest BCUT2D eigenvalue weighted by molar-refractivity contribution is 7.26. The van der Waals surface area contributed by atoms with Gasteiger partial charge < -0.3 is 9.13 Å². The van der Waals surface area contributed by atoms with Gasteiger partial charge in [-0.2, -0.15) is 0 Å². The molecule has 0 spiro atoms. The summed E-state index contributed by atoms with van der Waals surface area (Å²) in [6, 6.07) is 54.3. The Morgan fingerprint density at radius 1 is 0.447 bits per heavy atom. The minimum absolute atomic E-state index is 0.655. The van der Waals surface area contributed by atoms with Gasteiger partial charge in [-0.25, -0.2) is 4.85 Å². The third kappa shape index (κ3) is 3.78. The van der Waals surface area contributed by atoms with E-state index in [0.717, 1.165) is 33.4 Å². The summed E-state index contributed by atoms with van der Waals surface area (Å²) < 4.78 is 7.32. The summed E-state index contributed by atoms with van der Waals surface area (Å²) >= 11 is 1.84. The van der Waals surface area contributed by atoms with Crippen LogP contribution in [0.3, 0.4) is 0 Å². The van der Waals surface area contributed by atoms with E-state index in [4.69, 9.17) is 6.57 Å². The van der Waals surface area contributed by atoms with Gasteiger partial charge in [0.15, 0.2) is 5.69 Å². The summed E-state index contributed by atoms with van der Waals surface area (Å²) in [5.41, 5.74) is 9.91. The molecule has 0 aliphatic carbocycles. The molecule has 47 heavy (non-hydrogen) atoms. The molecule has 0 aliphatic rings. The minimum atomic E-state index is 0.655. The second-order valence-electron chi connectivity index (χ2n) is 12.1. The monoisotopic (exact) mass is 615 g/mol. The standard InChI is InChI=1S/C43H25N3S/c1-44-29-20-22-39-36(26-29)34-21-23-41-42(35-16-4-7-19-40(35)47-41)43(34)46(39)31-13-9-11-28(25-31)27-10-8-12-30(24-27)45-37-17-5-2-14-32(37)33-15-3-6-18-38(33)45/h2-26H. The molecule has 3 aromatic heterocycles. The first-order valence-corrected chi connectivity index (χ1v) is 16.5. The Kier molecular flexibility index (Phi) is 5.51. The van der Waals surface area contributed by atoms with E-state index < -0.39 is 0 Å². The van der Waals surface area contributed by atoms with E-state index in [0.29, 0.717) is 5.69 Å². The van der Waals surface area contributed by atoms with Crippen molar-refractivity contribution in [2.45, 2.75) is 0 Å². The van der Waals surface area contributed by atoms with Crippen LogP contribution >= 0.6 is 11.3 Å². The molecular weight excluding hydrogens is 591 g/mol. The number of fused-ring (bicyclic) bond motifs is 10. The lowest BCUT2D eigenvalue weighted by atomic mass is 10.0. The van der Waals surface area contributed by atoms with Gasteiger partial charge >= 0.3 is 0 Å². The van der Waals surface area contributed by atoms with Gasteiger partial charge in [-0.3, -0.25) is 0 Å². The maximum absolute atomic E-state index is 7.71. The Labute approximate surface area is 274 Å². The topological polar surface area (TPSA) is 14.2 Å². The Bertz CT molecular complexity index is 2880. The largest absolute Gasteiger partial charge is 0.309 e. The van der Waals surface area contributed by atoms with Gasteiger partial charge in [0, 0.05) is 47.7 Å². The predicted molar refractivity (Wildman–Crippen MR) is 200 cm³/mol. The van der Waals surface area contributed by atoms with Crippen molar-refractivity contribution >= 4 is 80.8 Å². The van der Waals surface area contributed by atoms with E-state index in [1.165, 1.54) is 52.9 Å². The molecule has 0 atom stereocenters. The predicted octanol–water partition coefficient (Wildman–Crippen LogP) is 12.5. The van der Waals surface area contributed by atoms with Crippen LogP contribution in [0.5, 0.6) is 0 Å². The first kappa shape index (κ1) is 26.1. The summed E-state index contributed by atoms with van der Waals surface area (Å²) in [5, 5.41) is 7.32. The van der Waals surface area contributed by atoms with E-state index in [9.17, 15) is 0 Å². The van der Waals surface area contributed by atoms with Crippen molar-refractivity contribution in [3.63, 3.8) is 0 Å². The lowest BCUT2D eigenvalue weighted by molar-refractivity contribution is 1.18. The number of hydrogen-bond acceptors (Lipinski definition) is 1. The van der Waals surface area contributed by atoms with E-state index in [2.05, 4.69) is 154 Å². The van der Waals surface area contributed by atoms with Crippen LogP contribution in [0, 0.1) is 6.57 Å². The molecule has 0 fully saturated rings. The van der Waals surface area contributed by atoms with Crippen molar-refractivity contribution < 1.29 is 0 Å². The number of aromatic nitrogens is 2. The van der Waals surface area contributed by atoms with Crippen LogP contribution in [-0.4, -0.2) is 9.13 Å². The molecule has 0 radical (unpaired) electrons. The fourth-order valence-electron chi connectivity index (χ4n) is 7.49. The van der Waals surface area contributed by atoms with E-state index in [1.807, 2.05) is 23.5 Å². The first-order chi connectivity index (χ1) is 23.3. The van der Waals surface area contributed by atoms with Crippen molar-refractivity contribution in [2.75, 3.05) is 0 Å². The molecule has 0 saturated heterocycles. The SMILES string of the molecule is [C-]#[N+]c1ccc2c(c1)c1ccc3sc4ccccc4c3c1n2-c1cccc(-c2cccc(-n3c4ccccc4c4ccccc43)c2)c1. The van der Waals surface area contributed by atoms with Gasteiger partial charge in [0.2, 0.25) is 0 Å². The van der Waals surface area contributed by atoms with Crippen LogP contribution in [0.2, 0.25) is 0 Å². The summed E-state index contributed by atoms with van der Waals surface area (Å²) in [6.45, 7) is 7.71. The number of hydrogen-bond donors (Lipinski definition) is 0. The number of rotatable bonds is 3. The molecule has 0 bridgehead atoms. The zero-order valence-electron chi connectivity index (χ0n) is 25.2. The fraction of sp³-hybridized carbons (Fsp3) is 0. The van der Waals surface area contributed by atoms with Crippen LogP contribution in [0.4, 0.5) is 5.69 Å². The normalized spacial score (nSPS) is 11.8. The number of benzene rings is 7. The highest BCUT2D eigenvalue weighted by atomic mass is 32.1. The molecule has 0 unspecified atom stereocenters. The van der Waals surface area contributed by atoms with Gasteiger partial charge in [-0.15, -0.1) is 11.3 Å². The lowest BCUT2D eigenvalue weighted by Gasteiger charge is -2.13. The second-order valence-corrected chi connectivity index (χ2v) is 13.1. The highest BCUT2D eigenvalue weighted by Gasteiger charge is 2.19. The van der Waals surface area contributed by atoms with Gasteiger partial charge in [0.1, 0.15) is 0 Å². The molecule has 218 valence electrons. The number of nitrogens with zero attached hydrogens (tertiary/aromatic N) is 3. The molecule has 0 saturated carbocycles. The van der Waals surface area contributed by atoms with Gasteiger partial charge in [-0.05, 0) is 77.2 Å². The molecular formula is C43H25N3S. The average molecular weight is 616 g/mol. The summed E-state index contributed by atoms with van der Waals surface area (Å²) in [4.78, 5) is 3.77.